The van der Waals surface area contributed by atoms with E-state index in [0.717, 1.165) is 47.7 Å². The number of H-pyrrole nitrogens is 1. The summed E-state index contributed by atoms with van der Waals surface area (Å²) in [6.07, 6.45) is 5.04. The van der Waals surface area contributed by atoms with Gasteiger partial charge in [0.05, 0.1) is 24.3 Å². The number of nitrogens with zero attached hydrogens (tertiary/aromatic N) is 4. The molecule has 1 saturated carbocycles. The Hall–Kier alpha value is -4.68. The molecule has 0 bridgehead atoms. The number of fused-ring (bicyclic) bond motifs is 2. The van der Waals surface area contributed by atoms with Crippen LogP contribution in [0.25, 0.3) is 33.3 Å². The third-order valence-corrected chi connectivity index (χ3v) is 8.41. The van der Waals surface area contributed by atoms with Crippen LogP contribution in [0.2, 0.25) is 0 Å². The first-order valence-electron chi connectivity index (χ1n) is 14.8. The predicted molar refractivity (Wildman–Crippen MR) is 163 cm³/mol. The molecular formula is C32H34N6O6. The average Bonchev–Trinajstić information content (AvgIpc) is 3.83. The van der Waals surface area contributed by atoms with Crippen molar-refractivity contribution in [2.24, 2.45) is 0 Å². The molecule has 3 aromatic heterocycles. The van der Waals surface area contributed by atoms with Gasteiger partial charge in [-0.3, -0.25) is 4.79 Å². The molecule has 2 aromatic carbocycles. The number of ether oxygens (including phenoxy) is 3. The molecule has 44 heavy (non-hydrogen) atoms. The molecule has 0 radical (unpaired) electrons. The minimum atomic E-state index is -0.720. The van der Waals surface area contributed by atoms with Crippen molar-refractivity contribution >= 4 is 39.7 Å². The number of anilines is 2. The highest BCUT2D eigenvalue weighted by Crippen LogP contribution is 2.38. The van der Waals surface area contributed by atoms with Crippen LogP contribution in [0.15, 0.2) is 47.0 Å². The number of benzene rings is 2. The number of aliphatic hydroxyl groups is 1. The van der Waals surface area contributed by atoms with Crippen LogP contribution in [0, 0.1) is 6.92 Å². The fourth-order valence-electron chi connectivity index (χ4n) is 6.13. The van der Waals surface area contributed by atoms with E-state index in [2.05, 4.69) is 15.3 Å². The van der Waals surface area contributed by atoms with Crippen LogP contribution in [-0.2, 0) is 4.74 Å². The van der Waals surface area contributed by atoms with Crippen LogP contribution in [0.1, 0.15) is 41.9 Å². The van der Waals surface area contributed by atoms with E-state index in [1.165, 1.54) is 14.2 Å². The molecule has 0 spiro atoms. The number of aliphatic hydroxyl groups excluding tert-OH is 1. The summed E-state index contributed by atoms with van der Waals surface area (Å²) in [5.41, 5.74) is 4.99. The van der Waals surface area contributed by atoms with E-state index in [9.17, 15) is 9.90 Å². The van der Waals surface area contributed by atoms with Crippen molar-refractivity contribution in [2.45, 2.75) is 50.9 Å². The van der Waals surface area contributed by atoms with E-state index in [-0.39, 0.29) is 18.6 Å². The van der Waals surface area contributed by atoms with Crippen molar-refractivity contribution in [1.82, 2.24) is 24.8 Å². The molecule has 1 aliphatic carbocycles. The molecule has 1 saturated heterocycles. The molecule has 1 aliphatic heterocycles. The lowest BCUT2D eigenvalue weighted by atomic mass is 10.1. The first kappa shape index (κ1) is 28.1. The number of hydrogen-bond donors (Lipinski definition) is 3. The second-order valence-electron chi connectivity index (χ2n) is 11.3. The standard InChI is InChI=1S/C32H34N6O6/c1-17-34-23-10-8-18(12-26(23)43-17)21-14-33-29-28(21)30(44-20-6-4-5-7-20)37-32(36-29)35-22-11-9-19(13-25(22)41-2)31(40)38-15-24(39)27(16-38)42-3/h8-14,20,24,27,39H,4-7,15-16H2,1-3H3,(H2,33,35,36,37)/t24-,27+/m1/s1. The van der Waals surface area contributed by atoms with Crippen LogP contribution in [0.3, 0.4) is 0 Å². The number of methoxy groups -OCH3 is 2. The van der Waals surface area contributed by atoms with Gasteiger partial charge in [0, 0.05) is 44.4 Å². The molecule has 2 aliphatic rings. The van der Waals surface area contributed by atoms with Gasteiger partial charge in [-0.25, -0.2) is 4.98 Å². The van der Waals surface area contributed by atoms with Crippen molar-refractivity contribution in [1.29, 1.82) is 0 Å². The van der Waals surface area contributed by atoms with E-state index in [0.29, 0.717) is 52.5 Å². The van der Waals surface area contributed by atoms with Crippen molar-refractivity contribution in [3.05, 3.63) is 54.0 Å². The molecule has 2 atom stereocenters. The quantitative estimate of drug-likeness (QED) is 0.223. The largest absolute Gasteiger partial charge is 0.495 e. The zero-order chi connectivity index (χ0) is 30.4. The zero-order valence-electron chi connectivity index (χ0n) is 24.8. The van der Waals surface area contributed by atoms with E-state index >= 15 is 0 Å². The lowest BCUT2D eigenvalue weighted by Crippen LogP contribution is -2.30. The van der Waals surface area contributed by atoms with Gasteiger partial charge in [-0.2, -0.15) is 9.97 Å². The van der Waals surface area contributed by atoms with E-state index in [4.69, 9.17) is 28.6 Å². The summed E-state index contributed by atoms with van der Waals surface area (Å²) in [5.74, 6) is 1.66. The van der Waals surface area contributed by atoms with Crippen molar-refractivity contribution in [3.63, 3.8) is 0 Å². The van der Waals surface area contributed by atoms with Crippen LogP contribution in [-0.4, -0.2) is 81.5 Å². The fourth-order valence-corrected chi connectivity index (χ4v) is 6.13. The number of aromatic nitrogens is 4. The average molecular weight is 599 g/mol. The van der Waals surface area contributed by atoms with Gasteiger partial charge in [-0.1, -0.05) is 6.07 Å². The number of oxazole rings is 1. The number of aryl methyl sites for hydroxylation is 1. The Kier molecular flexibility index (Phi) is 7.31. The lowest BCUT2D eigenvalue weighted by molar-refractivity contribution is 0.0215. The molecule has 2 fully saturated rings. The second-order valence-corrected chi connectivity index (χ2v) is 11.3. The van der Waals surface area contributed by atoms with E-state index in [1.807, 2.05) is 31.3 Å². The molecule has 7 rings (SSSR count). The SMILES string of the molecule is COc1cc(C(=O)N2C[C@@H](O)[C@@H](OC)C2)ccc1Nc1nc(OC2CCCC2)c2c(-c3ccc4nc(C)oc4c3)c[nH]c2n1. The first-order valence-corrected chi connectivity index (χ1v) is 14.8. The molecule has 3 N–H and O–H groups in total. The third kappa shape index (κ3) is 5.20. The van der Waals surface area contributed by atoms with Crippen LogP contribution < -0.4 is 14.8 Å². The van der Waals surface area contributed by atoms with E-state index < -0.39 is 12.2 Å². The number of likely N-dealkylation sites (tertiary alicyclic amines) is 1. The molecular weight excluding hydrogens is 564 g/mol. The maximum Gasteiger partial charge on any atom is 0.254 e. The normalized spacial score (nSPS) is 18.9. The highest BCUT2D eigenvalue weighted by atomic mass is 16.5. The highest BCUT2D eigenvalue weighted by molar-refractivity contribution is 5.99. The fraction of sp³-hybridized carbons (Fsp3) is 0.375. The summed E-state index contributed by atoms with van der Waals surface area (Å²) in [5, 5.41) is 14.2. The first-order chi connectivity index (χ1) is 21.4. The summed E-state index contributed by atoms with van der Waals surface area (Å²) in [7, 11) is 3.07. The van der Waals surface area contributed by atoms with Crippen LogP contribution >= 0.6 is 0 Å². The molecule has 12 heteroatoms. The summed E-state index contributed by atoms with van der Waals surface area (Å²) < 4.78 is 23.2. The Morgan fingerprint density at radius 2 is 1.93 bits per heavy atom. The third-order valence-electron chi connectivity index (χ3n) is 8.41. The number of carbonyl (C=O) groups is 1. The summed E-state index contributed by atoms with van der Waals surface area (Å²) in [4.78, 5) is 32.1. The van der Waals surface area contributed by atoms with Gasteiger partial charge >= 0.3 is 0 Å². The monoisotopic (exact) mass is 598 g/mol. The Morgan fingerprint density at radius 1 is 1.09 bits per heavy atom. The van der Waals surface area contributed by atoms with Crippen molar-refractivity contribution in [3.8, 4) is 22.8 Å². The van der Waals surface area contributed by atoms with Gasteiger partial charge in [0.15, 0.2) is 11.5 Å². The Labute approximate surface area is 253 Å². The van der Waals surface area contributed by atoms with Crippen LogP contribution in [0.5, 0.6) is 11.6 Å². The number of hydrogen-bond acceptors (Lipinski definition) is 10. The minimum absolute atomic E-state index is 0.0738. The number of nitrogens with one attached hydrogen (secondary N) is 2. The molecule has 12 nitrogen and oxygen atoms in total. The summed E-state index contributed by atoms with van der Waals surface area (Å²) in [6.45, 7) is 2.36. The van der Waals surface area contributed by atoms with Crippen molar-refractivity contribution < 1.29 is 28.5 Å². The number of aromatic amines is 1. The molecule has 5 aromatic rings. The lowest BCUT2D eigenvalue weighted by Gasteiger charge is -2.18. The Bertz CT molecular complexity index is 1840. The predicted octanol–water partition coefficient (Wildman–Crippen LogP) is 4.98. The van der Waals surface area contributed by atoms with Gasteiger partial charge in [0.1, 0.15) is 29.1 Å². The molecule has 1 amide bonds. The molecule has 0 unspecified atom stereocenters. The maximum atomic E-state index is 13.2. The van der Waals surface area contributed by atoms with Crippen molar-refractivity contribution in [2.75, 3.05) is 32.6 Å². The number of β-amino-alcohol motifs (C(OH)–C–C–N with tert-alkyl or cyclic N) is 1. The molecule has 4 heterocycles. The summed E-state index contributed by atoms with van der Waals surface area (Å²) >= 11 is 0. The van der Waals surface area contributed by atoms with Crippen LogP contribution in [0.4, 0.5) is 11.6 Å². The van der Waals surface area contributed by atoms with Gasteiger partial charge in [-0.15, -0.1) is 0 Å². The van der Waals surface area contributed by atoms with Gasteiger partial charge in [0.25, 0.3) is 5.91 Å². The smallest absolute Gasteiger partial charge is 0.254 e. The second kappa shape index (κ2) is 11.4. The van der Waals surface area contributed by atoms with E-state index in [1.54, 1.807) is 23.1 Å². The zero-order valence-corrected chi connectivity index (χ0v) is 24.8. The number of rotatable bonds is 8. The topological polar surface area (TPSA) is 148 Å². The van der Waals surface area contributed by atoms with Gasteiger partial charge in [0.2, 0.25) is 11.8 Å². The number of carbonyl (C=O) groups excluding carboxylic acids is 1. The Balaban J connectivity index is 1.22. The minimum Gasteiger partial charge on any atom is -0.495 e. The van der Waals surface area contributed by atoms with Gasteiger partial charge < -0.3 is 38.9 Å². The summed E-state index contributed by atoms with van der Waals surface area (Å²) in [6, 6.07) is 11.0. The highest BCUT2D eigenvalue weighted by Gasteiger charge is 2.34. The molecule has 228 valence electrons. The number of amides is 1. The Morgan fingerprint density at radius 3 is 2.70 bits per heavy atom. The van der Waals surface area contributed by atoms with Gasteiger partial charge in [-0.05, 0) is 61.6 Å². The maximum absolute atomic E-state index is 13.2.